The van der Waals surface area contributed by atoms with Crippen LogP contribution in [0.4, 0.5) is 5.69 Å². The maximum atomic E-state index is 13.9. The zero-order valence-corrected chi connectivity index (χ0v) is 23.3. The lowest BCUT2D eigenvalue weighted by Gasteiger charge is -2.25. The SMILES string of the molecule is COc1cccc([C@H]2C(C(=O)Nc3ccccc3)=C(C)N=c3s/c(=C\c4cc(OC)ccc4Br)c(=O)n32)c1. The number of allylic oxidation sites excluding steroid dienone is 1. The summed E-state index contributed by atoms with van der Waals surface area (Å²) in [6, 6.07) is 21.5. The summed E-state index contributed by atoms with van der Waals surface area (Å²) >= 11 is 4.84. The summed E-state index contributed by atoms with van der Waals surface area (Å²) in [5.41, 5.74) is 2.89. The number of carbonyl (C=O) groups excluding carboxylic acids is 1. The highest BCUT2D eigenvalue weighted by atomic mass is 79.9. The van der Waals surface area contributed by atoms with Gasteiger partial charge in [-0.3, -0.25) is 14.2 Å². The van der Waals surface area contributed by atoms with Crippen LogP contribution in [0.25, 0.3) is 6.08 Å². The number of thiazole rings is 1. The zero-order chi connectivity index (χ0) is 26.8. The van der Waals surface area contributed by atoms with E-state index in [4.69, 9.17) is 14.5 Å². The number of benzene rings is 3. The van der Waals surface area contributed by atoms with E-state index in [0.29, 0.717) is 37.8 Å². The molecule has 5 rings (SSSR count). The molecule has 1 aromatic heterocycles. The van der Waals surface area contributed by atoms with Gasteiger partial charge >= 0.3 is 0 Å². The molecule has 4 aromatic rings. The third kappa shape index (κ3) is 4.94. The predicted octanol–water partition coefficient (Wildman–Crippen LogP) is 4.65. The van der Waals surface area contributed by atoms with Gasteiger partial charge in [-0.1, -0.05) is 57.6 Å². The van der Waals surface area contributed by atoms with Crippen LogP contribution in [-0.4, -0.2) is 24.7 Å². The number of hydrogen-bond donors (Lipinski definition) is 1. The van der Waals surface area contributed by atoms with Crippen molar-refractivity contribution in [1.29, 1.82) is 0 Å². The van der Waals surface area contributed by atoms with Crippen molar-refractivity contribution in [1.82, 2.24) is 4.57 Å². The Labute approximate surface area is 231 Å². The smallest absolute Gasteiger partial charge is 0.271 e. The maximum absolute atomic E-state index is 13.9. The second kappa shape index (κ2) is 10.8. The topological polar surface area (TPSA) is 81.9 Å². The number of rotatable bonds is 6. The average Bonchev–Trinajstić information content (AvgIpc) is 3.23. The number of nitrogens with zero attached hydrogens (tertiary/aromatic N) is 2. The molecule has 0 radical (unpaired) electrons. The van der Waals surface area contributed by atoms with Crippen LogP contribution in [0.1, 0.15) is 24.1 Å². The van der Waals surface area contributed by atoms with Crippen LogP contribution in [-0.2, 0) is 4.79 Å². The van der Waals surface area contributed by atoms with Gasteiger partial charge in [0.2, 0.25) is 0 Å². The summed E-state index contributed by atoms with van der Waals surface area (Å²) in [5, 5.41) is 2.96. The van der Waals surface area contributed by atoms with E-state index >= 15 is 0 Å². The lowest BCUT2D eigenvalue weighted by molar-refractivity contribution is -0.113. The molecule has 2 heterocycles. The van der Waals surface area contributed by atoms with Crippen molar-refractivity contribution in [3.63, 3.8) is 0 Å². The highest BCUT2D eigenvalue weighted by Gasteiger charge is 2.32. The molecule has 9 heteroatoms. The summed E-state index contributed by atoms with van der Waals surface area (Å²) in [6.45, 7) is 1.79. The standard InChI is InChI=1S/C29H24BrN3O4S/c1-17-25(27(34)32-20-9-5-4-6-10-20)26(18-8-7-11-21(14-18)36-2)33-28(35)24(38-29(33)31-17)16-19-15-22(37-3)12-13-23(19)30/h4-16,26H,1-3H3,(H,32,34)/b24-16-/t26-/m0/s1. The first-order valence-corrected chi connectivity index (χ1v) is 13.4. The third-order valence-electron chi connectivity index (χ3n) is 6.20. The van der Waals surface area contributed by atoms with Crippen molar-refractivity contribution >= 4 is 44.9 Å². The van der Waals surface area contributed by atoms with E-state index < -0.39 is 6.04 Å². The summed E-state index contributed by atoms with van der Waals surface area (Å²) in [5.74, 6) is 0.981. The van der Waals surface area contributed by atoms with E-state index in [1.165, 1.54) is 11.3 Å². The number of ether oxygens (including phenoxy) is 2. The van der Waals surface area contributed by atoms with E-state index in [2.05, 4.69) is 21.2 Å². The Morgan fingerprint density at radius 1 is 1.03 bits per heavy atom. The lowest BCUT2D eigenvalue weighted by Crippen LogP contribution is -2.40. The van der Waals surface area contributed by atoms with Gasteiger partial charge in [-0.05, 0) is 66.6 Å². The largest absolute Gasteiger partial charge is 0.497 e. The minimum absolute atomic E-state index is 0.242. The third-order valence-corrected chi connectivity index (χ3v) is 7.90. The van der Waals surface area contributed by atoms with E-state index in [1.807, 2.05) is 78.9 Å². The Bertz CT molecular complexity index is 1740. The highest BCUT2D eigenvalue weighted by molar-refractivity contribution is 9.10. The number of methoxy groups -OCH3 is 2. The molecule has 0 bridgehead atoms. The summed E-state index contributed by atoms with van der Waals surface area (Å²) in [6.07, 6.45) is 1.81. The van der Waals surface area contributed by atoms with Gasteiger partial charge in [-0.2, -0.15) is 0 Å². The summed E-state index contributed by atoms with van der Waals surface area (Å²) < 4.78 is 13.7. The molecular formula is C29H24BrN3O4S. The van der Waals surface area contributed by atoms with E-state index in [1.54, 1.807) is 25.7 Å². The number of halogens is 1. The average molecular weight is 590 g/mol. The number of aromatic nitrogens is 1. The first kappa shape index (κ1) is 25.7. The van der Waals surface area contributed by atoms with Gasteiger partial charge in [0.1, 0.15) is 11.5 Å². The first-order valence-electron chi connectivity index (χ1n) is 11.8. The highest BCUT2D eigenvalue weighted by Crippen LogP contribution is 2.32. The Morgan fingerprint density at radius 2 is 1.76 bits per heavy atom. The Balaban J connectivity index is 1.70. The fourth-order valence-electron chi connectivity index (χ4n) is 4.36. The second-order valence-electron chi connectivity index (χ2n) is 8.57. The quantitative estimate of drug-likeness (QED) is 0.355. The number of amides is 1. The predicted molar refractivity (Wildman–Crippen MR) is 153 cm³/mol. The van der Waals surface area contributed by atoms with E-state index in [9.17, 15) is 9.59 Å². The van der Waals surface area contributed by atoms with Crippen molar-refractivity contribution in [2.45, 2.75) is 13.0 Å². The molecule has 0 aliphatic carbocycles. The Morgan fingerprint density at radius 3 is 2.50 bits per heavy atom. The van der Waals surface area contributed by atoms with Crippen LogP contribution in [0, 0.1) is 0 Å². The van der Waals surface area contributed by atoms with Gasteiger partial charge in [0.25, 0.3) is 11.5 Å². The molecule has 1 amide bonds. The van der Waals surface area contributed by atoms with Gasteiger partial charge in [0, 0.05) is 10.2 Å². The van der Waals surface area contributed by atoms with Gasteiger partial charge in [-0.15, -0.1) is 0 Å². The maximum Gasteiger partial charge on any atom is 0.271 e. The van der Waals surface area contributed by atoms with Gasteiger partial charge in [0.05, 0.1) is 36.1 Å². The molecule has 0 saturated heterocycles. The molecule has 1 aliphatic rings. The number of anilines is 1. The van der Waals surface area contributed by atoms with Crippen molar-refractivity contribution < 1.29 is 14.3 Å². The van der Waals surface area contributed by atoms with Crippen molar-refractivity contribution in [2.75, 3.05) is 19.5 Å². The Hall–Kier alpha value is -3.95. The Kier molecular flexibility index (Phi) is 7.31. The number of hydrogen-bond acceptors (Lipinski definition) is 6. The fourth-order valence-corrected chi connectivity index (χ4v) is 5.76. The molecule has 192 valence electrons. The minimum Gasteiger partial charge on any atom is -0.497 e. The second-order valence-corrected chi connectivity index (χ2v) is 10.4. The summed E-state index contributed by atoms with van der Waals surface area (Å²) in [7, 11) is 3.18. The lowest BCUT2D eigenvalue weighted by atomic mass is 9.95. The molecule has 1 atom stereocenters. The molecule has 1 aliphatic heterocycles. The molecule has 0 unspecified atom stereocenters. The minimum atomic E-state index is -0.694. The van der Waals surface area contributed by atoms with Gasteiger partial charge < -0.3 is 14.8 Å². The van der Waals surface area contributed by atoms with Crippen molar-refractivity contribution in [2.24, 2.45) is 4.99 Å². The number of carbonyl (C=O) groups is 1. The van der Waals surface area contributed by atoms with E-state index in [-0.39, 0.29) is 11.5 Å². The van der Waals surface area contributed by atoms with Crippen LogP contribution in [0.15, 0.2) is 98.3 Å². The van der Waals surface area contributed by atoms with Crippen LogP contribution < -0.4 is 29.7 Å². The monoisotopic (exact) mass is 589 g/mol. The van der Waals surface area contributed by atoms with Crippen molar-refractivity contribution in [3.8, 4) is 11.5 Å². The van der Waals surface area contributed by atoms with E-state index in [0.717, 1.165) is 15.6 Å². The molecule has 0 saturated carbocycles. The van der Waals surface area contributed by atoms with Crippen LogP contribution >= 0.6 is 27.3 Å². The molecule has 3 aromatic carbocycles. The summed E-state index contributed by atoms with van der Waals surface area (Å²) in [4.78, 5) is 32.8. The number of fused-ring (bicyclic) bond motifs is 1. The molecule has 1 N–H and O–H groups in total. The number of para-hydroxylation sites is 1. The first-order chi connectivity index (χ1) is 18.4. The van der Waals surface area contributed by atoms with Crippen LogP contribution in [0.2, 0.25) is 0 Å². The zero-order valence-electron chi connectivity index (χ0n) is 20.9. The molecule has 0 fully saturated rings. The molecule has 38 heavy (non-hydrogen) atoms. The van der Waals surface area contributed by atoms with Gasteiger partial charge in [-0.25, -0.2) is 4.99 Å². The fraction of sp³-hybridized carbons (Fsp3) is 0.138. The van der Waals surface area contributed by atoms with Crippen molar-refractivity contribution in [3.05, 3.63) is 119 Å². The van der Waals surface area contributed by atoms with Gasteiger partial charge in [0.15, 0.2) is 4.80 Å². The molecular weight excluding hydrogens is 566 g/mol. The molecule has 7 nitrogen and oxygen atoms in total. The number of nitrogens with one attached hydrogen (secondary N) is 1. The van der Waals surface area contributed by atoms with Crippen LogP contribution in [0.5, 0.6) is 11.5 Å². The normalized spacial score (nSPS) is 15.1. The van der Waals surface area contributed by atoms with Crippen LogP contribution in [0.3, 0.4) is 0 Å². The molecule has 0 spiro atoms.